The zero-order valence-corrected chi connectivity index (χ0v) is 16.4. The number of pyridine rings is 2. The number of sulfonamides is 1. The van der Waals surface area contributed by atoms with Crippen molar-refractivity contribution < 1.29 is 13.2 Å². The van der Waals surface area contributed by atoms with Crippen LogP contribution < -0.4 is 5.32 Å². The second-order valence-electron chi connectivity index (χ2n) is 6.71. The topological polar surface area (TPSA) is 110 Å². The second-order valence-corrected chi connectivity index (χ2v) is 8.65. The smallest absolute Gasteiger partial charge is 0.245 e. The van der Waals surface area contributed by atoms with Crippen LogP contribution in [0.15, 0.2) is 66.1 Å². The molecule has 0 spiro atoms. The summed E-state index contributed by atoms with van der Waals surface area (Å²) in [6.45, 7) is 0.669. The maximum Gasteiger partial charge on any atom is 0.245 e. The highest BCUT2D eigenvalue weighted by Crippen LogP contribution is 2.27. The summed E-state index contributed by atoms with van der Waals surface area (Å²) in [4.78, 5) is 20.7. The summed E-state index contributed by atoms with van der Waals surface area (Å²) in [5.74, 6) is -0.192. The summed E-state index contributed by atoms with van der Waals surface area (Å²) in [6.07, 6.45) is 6.25. The number of aromatic nitrogens is 4. The first kappa shape index (κ1) is 19.2. The molecule has 0 radical (unpaired) electrons. The Morgan fingerprint density at radius 3 is 2.79 bits per heavy atom. The average Bonchev–Trinajstić information content (AvgIpc) is 3.23. The van der Waals surface area contributed by atoms with Gasteiger partial charge in [-0.1, -0.05) is 6.07 Å². The van der Waals surface area contributed by atoms with E-state index in [1.54, 1.807) is 29.2 Å². The Morgan fingerprint density at radius 2 is 2.03 bits per heavy atom. The first-order valence-corrected chi connectivity index (χ1v) is 10.6. The maximum absolute atomic E-state index is 13.0. The van der Waals surface area contributed by atoms with Gasteiger partial charge in [0, 0.05) is 31.3 Å². The fraction of sp³-hybridized carbons (Fsp3) is 0.263. The van der Waals surface area contributed by atoms with Crippen molar-refractivity contribution in [3.05, 3.63) is 72.6 Å². The van der Waals surface area contributed by atoms with E-state index in [-0.39, 0.29) is 30.3 Å². The van der Waals surface area contributed by atoms with Gasteiger partial charge in [0.15, 0.2) is 0 Å². The largest absolute Gasteiger partial charge is 0.350 e. The Bertz CT molecular complexity index is 1090. The van der Waals surface area contributed by atoms with Gasteiger partial charge in [0.05, 0.1) is 36.9 Å². The molecule has 1 atom stereocenters. The number of carbonyl (C=O) groups excluding carboxylic acids is 1. The number of amides is 1. The van der Waals surface area contributed by atoms with Gasteiger partial charge in [-0.15, -0.1) is 0 Å². The normalized spacial score (nSPS) is 16.9. The van der Waals surface area contributed by atoms with Crippen LogP contribution in [0.5, 0.6) is 0 Å². The van der Waals surface area contributed by atoms with E-state index in [0.717, 1.165) is 11.4 Å². The third kappa shape index (κ3) is 4.17. The number of carbonyl (C=O) groups is 1. The summed E-state index contributed by atoms with van der Waals surface area (Å²) in [6, 6.07) is 9.96. The van der Waals surface area contributed by atoms with Crippen LogP contribution in [0.3, 0.4) is 0 Å². The van der Waals surface area contributed by atoms with Gasteiger partial charge >= 0.3 is 0 Å². The summed E-state index contributed by atoms with van der Waals surface area (Å²) in [5.41, 5.74) is 1.50. The van der Waals surface area contributed by atoms with Gasteiger partial charge in [0.1, 0.15) is 4.90 Å². The molecule has 0 aromatic carbocycles. The molecule has 1 amide bonds. The van der Waals surface area contributed by atoms with Crippen LogP contribution in [0.25, 0.3) is 0 Å². The quantitative estimate of drug-likeness (QED) is 0.650. The van der Waals surface area contributed by atoms with Crippen molar-refractivity contribution in [3.63, 3.8) is 0 Å². The lowest BCUT2D eigenvalue weighted by Crippen LogP contribution is -2.42. The molecule has 0 bridgehead atoms. The van der Waals surface area contributed by atoms with Crippen molar-refractivity contribution in [2.24, 2.45) is 0 Å². The molecule has 3 aromatic rings. The molecule has 0 aliphatic carbocycles. The van der Waals surface area contributed by atoms with E-state index in [1.807, 2.05) is 18.2 Å². The van der Waals surface area contributed by atoms with E-state index in [1.165, 1.54) is 22.8 Å². The van der Waals surface area contributed by atoms with Crippen LogP contribution >= 0.6 is 0 Å². The Labute approximate surface area is 168 Å². The molecule has 10 heteroatoms. The maximum atomic E-state index is 13.0. The zero-order valence-electron chi connectivity index (χ0n) is 15.5. The number of hydrogen-bond donors (Lipinski definition) is 1. The fourth-order valence-electron chi connectivity index (χ4n) is 3.31. The zero-order chi connectivity index (χ0) is 20.3. The van der Waals surface area contributed by atoms with Gasteiger partial charge in [-0.25, -0.2) is 8.42 Å². The number of nitrogens with one attached hydrogen (secondary N) is 1. The van der Waals surface area contributed by atoms with E-state index in [2.05, 4.69) is 20.4 Å². The highest BCUT2D eigenvalue weighted by Gasteiger charge is 2.34. The number of nitrogens with zero attached hydrogens (tertiary/aromatic N) is 5. The van der Waals surface area contributed by atoms with Crippen LogP contribution in [0.1, 0.15) is 23.9 Å². The van der Waals surface area contributed by atoms with E-state index >= 15 is 0 Å². The summed E-state index contributed by atoms with van der Waals surface area (Å²) < 4.78 is 29.1. The number of rotatable bonds is 6. The monoisotopic (exact) mass is 412 g/mol. The molecule has 4 heterocycles. The van der Waals surface area contributed by atoms with Crippen molar-refractivity contribution in [2.75, 3.05) is 6.54 Å². The van der Waals surface area contributed by atoms with E-state index in [9.17, 15) is 13.2 Å². The molecule has 1 N–H and O–H groups in total. The highest BCUT2D eigenvalue weighted by molar-refractivity contribution is 7.89. The van der Waals surface area contributed by atoms with E-state index < -0.39 is 16.1 Å². The van der Waals surface area contributed by atoms with Crippen LogP contribution in [0.4, 0.5) is 0 Å². The molecule has 0 fully saturated rings. The van der Waals surface area contributed by atoms with Crippen molar-refractivity contribution in [1.82, 2.24) is 29.4 Å². The molecule has 150 valence electrons. The highest BCUT2D eigenvalue weighted by atomic mass is 32.2. The van der Waals surface area contributed by atoms with Crippen molar-refractivity contribution in [2.45, 2.75) is 30.4 Å². The summed E-state index contributed by atoms with van der Waals surface area (Å²) >= 11 is 0. The van der Waals surface area contributed by atoms with Gasteiger partial charge in [0.25, 0.3) is 0 Å². The average molecular weight is 412 g/mol. The minimum atomic E-state index is -3.72. The van der Waals surface area contributed by atoms with Crippen molar-refractivity contribution in [3.8, 4) is 0 Å². The SMILES string of the molecule is O=C(C[C@H]1CN(S(=O)(=O)c2cccnc2)Cc2ccnn21)NCc1ccccn1. The molecule has 1 aliphatic rings. The molecule has 1 aliphatic heterocycles. The molecule has 0 saturated carbocycles. The molecular weight excluding hydrogens is 392 g/mol. The first-order chi connectivity index (χ1) is 14.0. The lowest BCUT2D eigenvalue weighted by molar-refractivity contribution is -0.122. The predicted octanol–water partition coefficient (Wildman–Crippen LogP) is 1.13. The van der Waals surface area contributed by atoms with Crippen LogP contribution in [-0.4, -0.2) is 44.9 Å². The third-order valence-corrected chi connectivity index (χ3v) is 6.53. The Kier molecular flexibility index (Phi) is 5.36. The standard InChI is InChI=1S/C19H20N6O3S/c26-19(22-11-15-4-1-2-8-21-15)10-17-14-24(13-16-6-9-23-25(16)17)29(27,28)18-5-3-7-20-12-18/h1-9,12,17H,10-11,13-14H2,(H,22,26)/t17-/m0/s1. The van der Waals surface area contributed by atoms with Gasteiger partial charge in [-0.2, -0.15) is 9.40 Å². The Balaban J connectivity index is 1.49. The first-order valence-electron chi connectivity index (χ1n) is 9.13. The lowest BCUT2D eigenvalue weighted by atomic mass is 10.1. The summed E-state index contributed by atoms with van der Waals surface area (Å²) in [5, 5.41) is 7.12. The third-order valence-electron chi connectivity index (χ3n) is 4.74. The van der Waals surface area contributed by atoms with Gasteiger partial charge in [-0.05, 0) is 30.3 Å². The summed E-state index contributed by atoms with van der Waals surface area (Å²) in [7, 11) is -3.72. The molecule has 9 nitrogen and oxygen atoms in total. The van der Waals surface area contributed by atoms with Gasteiger partial charge in [0.2, 0.25) is 15.9 Å². The number of fused-ring (bicyclic) bond motifs is 1. The van der Waals surface area contributed by atoms with E-state index in [4.69, 9.17) is 0 Å². The van der Waals surface area contributed by atoms with Crippen molar-refractivity contribution >= 4 is 15.9 Å². The van der Waals surface area contributed by atoms with Crippen LogP contribution in [-0.2, 0) is 27.9 Å². The molecule has 0 unspecified atom stereocenters. The second kappa shape index (κ2) is 8.10. The molecular formula is C19H20N6O3S. The minimum absolute atomic E-state index is 0.112. The minimum Gasteiger partial charge on any atom is -0.350 e. The number of hydrogen-bond acceptors (Lipinski definition) is 6. The molecule has 29 heavy (non-hydrogen) atoms. The lowest BCUT2D eigenvalue weighted by Gasteiger charge is -2.32. The molecule has 3 aromatic heterocycles. The Morgan fingerprint density at radius 1 is 1.14 bits per heavy atom. The van der Waals surface area contributed by atoms with E-state index in [0.29, 0.717) is 6.54 Å². The van der Waals surface area contributed by atoms with Crippen molar-refractivity contribution in [1.29, 1.82) is 0 Å². The van der Waals surface area contributed by atoms with Gasteiger partial charge < -0.3 is 5.32 Å². The fourth-order valence-corrected chi connectivity index (χ4v) is 4.73. The predicted molar refractivity (Wildman–Crippen MR) is 104 cm³/mol. The molecule has 4 rings (SSSR count). The molecule has 0 saturated heterocycles. The van der Waals surface area contributed by atoms with Crippen LogP contribution in [0.2, 0.25) is 0 Å². The van der Waals surface area contributed by atoms with Gasteiger partial charge in [-0.3, -0.25) is 19.4 Å². The Hall–Kier alpha value is -3.11. The van der Waals surface area contributed by atoms with Crippen LogP contribution in [0, 0.1) is 0 Å².